The van der Waals surface area contributed by atoms with Crippen molar-refractivity contribution in [3.05, 3.63) is 103 Å². The third-order valence-corrected chi connectivity index (χ3v) is 6.86. The Morgan fingerprint density at radius 1 is 0.667 bits per heavy atom. The highest BCUT2D eigenvalue weighted by Crippen LogP contribution is 2.54. The summed E-state index contributed by atoms with van der Waals surface area (Å²) in [4.78, 5) is 8.74. The molecule has 0 fully saturated rings. The number of H-pyrrole nitrogens is 1. The molecule has 30 heavy (non-hydrogen) atoms. The summed E-state index contributed by atoms with van der Waals surface area (Å²) in [5.74, 6) is 0. The maximum atomic E-state index is 3.76. The van der Waals surface area contributed by atoms with Gasteiger partial charge in [-0.15, -0.1) is 0 Å². The van der Waals surface area contributed by atoms with Crippen molar-refractivity contribution in [1.82, 2.24) is 4.98 Å². The van der Waals surface area contributed by atoms with E-state index in [4.69, 9.17) is 0 Å². The lowest BCUT2D eigenvalue weighted by molar-refractivity contribution is 1.17. The van der Waals surface area contributed by atoms with Crippen LogP contribution < -0.4 is 4.90 Å². The van der Waals surface area contributed by atoms with Crippen molar-refractivity contribution in [2.45, 2.75) is 16.7 Å². The number of fused-ring (bicyclic) bond motifs is 3. The van der Waals surface area contributed by atoms with Crippen LogP contribution in [0.4, 0.5) is 17.1 Å². The minimum absolute atomic E-state index is 1.15. The Morgan fingerprint density at radius 3 is 2.00 bits per heavy atom. The zero-order valence-electron chi connectivity index (χ0n) is 16.6. The fourth-order valence-electron chi connectivity index (χ4n) is 4.34. The van der Waals surface area contributed by atoms with Crippen LogP contribution in [0, 0.1) is 6.92 Å². The summed E-state index contributed by atoms with van der Waals surface area (Å²) in [6.45, 7) is 2.17. The van der Waals surface area contributed by atoms with Crippen molar-refractivity contribution in [1.29, 1.82) is 0 Å². The Morgan fingerprint density at radius 2 is 1.30 bits per heavy atom. The van der Waals surface area contributed by atoms with Crippen LogP contribution in [0.1, 0.15) is 5.56 Å². The summed E-state index contributed by atoms with van der Waals surface area (Å²) in [6, 6.07) is 34.6. The number of aromatic nitrogens is 1. The highest BCUT2D eigenvalue weighted by atomic mass is 32.2. The molecule has 1 aromatic heterocycles. The second-order valence-corrected chi connectivity index (χ2v) is 8.67. The molecule has 2 nitrogen and oxygen atoms in total. The number of aromatic amines is 1. The Hall–Kier alpha value is -3.43. The van der Waals surface area contributed by atoms with Crippen molar-refractivity contribution in [3.8, 4) is 11.3 Å². The first-order valence-corrected chi connectivity index (χ1v) is 11.0. The smallest absolute Gasteiger partial charge is 0.0797 e. The van der Waals surface area contributed by atoms with Crippen LogP contribution in [-0.2, 0) is 0 Å². The summed E-state index contributed by atoms with van der Waals surface area (Å²) < 4.78 is 0. The predicted octanol–water partition coefficient (Wildman–Crippen LogP) is 8.08. The number of aryl methyl sites for hydroxylation is 1. The van der Waals surface area contributed by atoms with Gasteiger partial charge in [0.05, 0.1) is 28.3 Å². The van der Waals surface area contributed by atoms with E-state index in [1.807, 2.05) is 11.8 Å². The molecule has 144 valence electrons. The third-order valence-electron chi connectivity index (χ3n) is 5.73. The minimum atomic E-state index is 1.15. The molecule has 4 aromatic carbocycles. The van der Waals surface area contributed by atoms with Gasteiger partial charge in [0.15, 0.2) is 0 Å². The van der Waals surface area contributed by atoms with Gasteiger partial charge in [-0.05, 0) is 36.8 Å². The van der Waals surface area contributed by atoms with Crippen molar-refractivity contribution in [2.24, 2.45) is 0 Å². The Kier molecular flexibility index (Phi) is 3.96. The molecule has 0 amide bonds. The molecule has 0 radical (unpaired) electrons. The molecule has 0 spiro atoms. The van der Waals surface area contributed by atoms with Crippen LogP contribution in [0.3, 0.4) is 0 Å². The van der Waals surface area contributed by atoms with E-state index in [0.717, 1.165) is 5.69 Å². The number of para-hydroxylation sites is 3. The van der Waals surface area contributed by atoms with Gasteiger partial charge in [0, 0.05) is 20.7 Å². The quantitative estimate of drug-likeness (QED) is 0.314. The van der Waals surface area contributed by atoms with Crippen LogP contribution in [0.25, 0.3) is 22.2 Å². The average molecular weight is 405 g/mol. The van der Waals surface area contributed by atoms with Gasteiger partial charge >= 0.3 is 0 Å². The molecule has 3 heteroatoms. The van der Waals surface area contributed by atoms with E-state index in [-0.39, 0.29) is 0 Å². The predicted molar refractivity (Wildman–Crippen MR) is 127 cm³/mol. The van der Waals surface area contributed by atoms with Crippen LogP contribution in [0.15, 0.2) is 107 Å². The number of nitrogens with zero attached hydrogens (tertiary/aromatic N) is 1. The van der Waals surface area contributed by atoms with E-state index >= 15 is 0 Å². The highest BCUT2D eigenvalue weighted by Gasteiger charge is 2.29. The largest absolute Gasteiger partial charge is 0.353 e. The Labute approximate surface area is 180 Å². The molecule has 0 atom stereocenters. The molecule has 0 saturated carbocycles. The fourth-order valence-corrected chi connectivity index (χ4v) is 5.40. The van der Waals surface area contributed by atoms with Gasteiger partial charge in [-0.1, -0.05) is 84.6 Å². The molecule has 0 bridgehead atoms. The summed E-state index contributed by atoms with van der Waals surface area (Å²) >= 11 is 1.84. The van der Waals surface area contributed by atoms with Crippen LogP contribution in [0.2, 0.25) is 0 Å². The Bertz CT molecular complexity index is 1340. The Balaban J connectivity index is 1.73. The fraction of sp³-hybridized carbons (Fsp3) is 0.0370. The number of rotatable bonds is 2. The molecule has 0 unspecified atom stereocenters. The molecule has 0 aliphatic carbocycles. The van der Waals surface area contributed by atoms with Crippen molar-refractivity contribution in [2.75, 3.05) is 4.90 Å². The lowest BCUT2D eigenvalue weighted by atomic mass is 10.1. The second kappa shape index (κ2) is 6.82. The number of hydrogen-bond donors (Lipinski definition) is 1. The lowest BCUT2D eigenvalue weighted by Crippen LogP contribution is -2.15. The van der Waals surface area contributed by atoms with E-state index in [0.29, 0.717) is 0 Å². The molecular weight excluding hydrogens is 384 g/mol. The van der Waals surface area contributed by atoms with E-state index in [1.54, 1.807) is 0 Å². The molecule has 1 N–H and O–H groups in total. The van der Waals surface area contributed by atoms with Gasteiger partial charge in [0.2, 0.25) is 0 Å². The minimum Gasteiger partial charge on any atom is -0.353 e. The first-order valence-electron chi connectivity index (χ1n) is 10.1. The van der Waals surface area contributed by atoms with Gasteiger partial charge in [-0.25, -0.2) is 0 Å². The van der Waals surface area contributed by atoms with E-state index in [2.05, 4.69) is 114 Å². The number of anilines is 3. The summed E-state index contributed by atoms with van der Waals surface area (Å²) in [5.41, 5.74) is 8.44. The van der Waals surface area contributed by atoms with Crippen molar-refractivity contribution in [3.63, 3.8) is 0 Å². The van der Waals surface area contributed by atoms with Crippen LogP contribution in [0.5, 0.6) is 0 Å². The van der Waals surface area contributed by atoms with Gasteiger partial charge in [-0.3, -0.25) is 0 Å². The van der Waals surface area contributed by atoms with Crippen molar-refractivity contribution < 1.29 is 0 Å². The van der Waals surface area contributed by atoms with Gasteiger partial charge in [0.25, 0.3) is 0 Å². The average Bonchev–Trinajstić information content (AvgIpc) is 3.18. The molecular formula is C27H20N2S. The first kappa shape index (κ1) is 17.4. The molecule has 1 aliphatic heterocycles. The molecule has 5 aromatic rings. The second-order valence-electron chi connectivity index (χ2n) is 7.59. The highest BCUT2D eigenvalue weighted by molar-refractivity contribution is 7.99. The summed E-state index contributed by atoms with van der Waals surface area (Å²) in [5, 5.41) is 1.24. The molecule has 1 aliphatic rings. The first-order chi connectivity index (χ1) is 14.8. The van der Waals surface area contributed by atoms with Gasteiger partial charge in [-0.2, -0.15) is 0 Å². The van der Waals surface area contributed by atoms with Gasteiger partial charge in [0.1, 0.15) is 0 Å². The normalized spacial score (nSPS) is 12.6. The number of nitrogens with one attached hydrogen (secondary N) is 1. The zero-order chi connectivity index (χ0) is 20.1. The third kappa shape index (κ3) is 2.59. The SMILES string of the molecule is Cc1cccc2c(N3c4ccccc4Sc4ccccc43)c(-c3ccccc3)[nH]c12. The van der Waals surface area contributed by atoms with Crippen LogP contribution in [-0.4, -0.2) is 4.98 Å². The monoisotopic (exact) mass is 404 g/mol. The maximum absolute atomic E-state index is 3.76. The van der Waals surface area contributed by atoms with E-state index in [9.17, 15) is 0 Å². The zero-order valence-corrected chi connectivity index (χ0v) is 17.4. The summed E-state index contributed by atoms with van der Waals surface area (Å²) in [7, 11) is 0. The van der Waals surface area contributed by atoms with Crippen LogP contribution >= 0.6 is 11.8 Å². The van der Waals surface area contributed by atoms with Crippen molar-refractivity contribution >= 4 is 39.7 Å². The lowest BCUT2D eigenvalue weighted by Gasteiger charge is -2.33. The number of benzene rings is 4. The van der Waals surface area contributed by atoms with E-state index < -0.39 is 0 Å². The maximum Gasteiger partial charge on any atom is 0.0797 e. The topological polar surface area (TPSA) is 19.0 Å². The molecule has 2 heterocycles. The number of hydrogen-bond acceptors (Lipinski definition) is 2. The molecule has 6 rings (SSSR count). The van der Waals surface area contributed by atoms with Gasteiger partial charge < -0.3 is 9.88 Å². The molecule has 0 saturated heterocycles. The van der Waals surface area contributed by atoms with E-state index in [1.165, 1.54) is 48.9 Å². The summed E-state index contributed by atoms with van der Waals surface area (Å²) in [6.07, 6.45) is 0. The standard InChI is InChI=1S/C27H20N2S/c1-18-10-9-13-20-25(18)28-26(19-11-3-2-4-12-19)27(20)29-21-14-5-7-16-23(21)30-24-17-8-6-15-22(24)29/h2-17,28H,1H3.